The van der Waals surface area contributed by atoms with Gasteiger partial charge in [-0.1, -0.05) is 12.1 Å². The molecule has 1 aromatic rings. The molecule has 2 amide bonds. The van der Waals surface area contributed by atoms with Crippen LogP contribution in [0.4, 0.5) is 10.5 Å². The van der Waals surface area contributed by atoms with E-state index in [1.54, 1.807) is 11.8 Å². The average Bonchev–Trinajstić information content (AvgIpc) is 2.47. The summed E-state index contributed by atoms with van der Waals surface area (Å²) < 4.78 is 5.27. The predicted molar refractivity (Wildman–Crippen MR) is 80.8 cm³/mol. The number of carbonyl (C=O) groups is 2. The third-order valence-electron chi connectivity index (χ3n) is 3.25. The number of carbonyl (C=O) groups excluding carboxylic acids is 1. The molecule has 1 fully saturated rings. The molecule has 0 saturated carbocycles. The summed E-state index contributed by atoms with van der Waals surface area (Å²) in [6, 6.07) is 6.79. The first kappa shape index (κ1) is 15.7. The zero-order valence-electron chi connectivity index (χ0n) is 11.7. The minimum atomic E-state index is -0.937. The molecule has 0 spiro atoms. The number of para-hydroxylation sites is 1. The van der Waals surface area contributed by atoms with Gasteiger partial charge < -0.3 is 20.1 Å². The summed E-state index contributed by atoms with van der Waals surface area (Å²) in [6.07, 6.45) is 1.82. The summed E-state index contributed by atoms with van der Waals surface area (Å²) in [5.74, 6) is -0.937. The summed E-state index contributed by atoms with van der Waals surface area (Å²) in [4.78, 5) is 25.8. The minimum Gasteiger partial charge on any atom is -0.481 e. The minimum absolute atomic E-state index is 0.113. The number of benzene rings is 1. The molecular formula is C14H18N2O4S. The van der Waals surface area contributed by atoms with Crippen molar-refractivity contribution in [3.05, 3.63) is 24.3 Å². The van der Waals surface area contributed by atoms with Gasteiger partial charge in [0.1, 0.15) is 0 Å². The van der Waals surface area contributed by atoms with Crippen LogP contribution in [0.25, 0.3) is 0 Å². The number of hydrogen-bond donors (Lipinski definition) is 2. The molecule has 0 aliphatic carbocycles. The Kier molecular flexibility index (Phi) is 5.46. The van der Waals surface area contributed by atoms with Gasteiger partial charge in [-0.3, -0.25) is 4.79 Å². The summed E-state index contributed by atoms with van der Waals surface area (Å²) in [7, 11) is 0. The van der Waals surface area contributed by atoms with Gasteiger partial charge in [0, 0.05) is 11.4 Å². The molecule has 6 nitrogen and oxygen atoms in total. The number of carboxylic acid groups (broad SMARTS) is 1. The fraction of sp³-hybridized carbons (Fsp3) is 0.429. The van der Waals surface area contributed by atoms with E-state index in [-0.39, 0.29) is 19.1 Å². The second-order valence-electron chi connectivity index (χ2n) is 4.65. The van der Waals surface area contributed by atoms with Crippen LogP contribution in [0.5, 0.6) is 0 Å². The Morgan fingerprint density at radius 3 is 2.95 bits per heavy atom. The molecule has 1 aromatic carbocycles. The van der Waals surface area contributed by atoms with Crippen molar-refractivity contribution in [3.63, 3.8) is 0 Å². The van der Waals surface area contributed by atoms with E-state index in [4.69, 9.17) is 9.84 Å². The van der Waals surface area contributed by atoms with E-state index in [0.29, 0.717) is 13.2 Å². The quantitative estimate of drug-likeness (QED) is 0.833. The molecule has 1 saturated heterocycles. The zero-order chi connectivity index (χ0) is 15.2. The van der Waals surface area contributed by atoms with Crippen molar-refractivity contribution >= 4 is 29.4 Å². The molecule has 1 aliphatic heterocycles. The van der Waals surface area contributed by atoms with Crippen LogP contribution in [-0.4, -0.2) is 54.1 Å². The van der Waals surface area contributed by atoms with Crippen LogP contribution < -0.4 is 5.32 Å². The number of anilines is 1. The van der Waals surface area contributed by atoms with Crippen LogP contribution in [0.1, 0.15) is 6.42 Å². The molecule has 2 rings (SSSR count). The molecule has 0 aromatic heterocycles. The Hall–Kier alpha value is -1.73. The predicted octanol–water partition coefficient (Wildman–Crippen LogP) is 2.12. The fourth-order valence-electron chi connectivity index (χ4n) is 2.23. The highest BCUT2D eigenvalue weighted by Crippen LogP contribution is 2.25. The van der Waals surface area contributed by atoms with Crippen molar-refractivity contribution in [2.45, 2.75) is 17.4 Å². The largest absolute Gasteiger partial charge is 0.481 e. The average molecular weight is 310 g/mol. The normalized spacial score (nSPS) is 18.3. The van der Waals surface area contributed by atoms with Gasteiger partial charge in [0.05, 0.1) is 31.4 Å². The van der Waals surface area contributed by atoms with Gasteiger partial charge >= 0.3 is 12.0 Å². The van der Waals surface area contributed by atoms with Gasteiger partial charge in [0.25, 0.3) is 0 Å². The first-order valence-corrected chi connectivity index (χ1v) is 7.84. The Balaban J connectivity index is 2.08. The summed E-state index contributed by atoms with van der Waals surface area (Å²) in [6.45, 7) is 1.07. The molecule has 0 radical (unpaired) electrons. The maximum absolute atomic E-state index is 12.4. The van der Waals surface area contributed by atoms with Crippen LogP contribution in [0.3, 0.4) is 0 Å². The van der Waals surface area contributed by atoms with Crippen molar-refractivity contribution in [1.29, 1.82) is 0 Å². The maximum Gasteiger partial charge on any atom is 0.322 e. The van der Waals surface area contributed by atoms with Crippen LogP contribution in [-0.2, 0) is 9.53 Å². The lowest BCUT2D eigenvalue weighted by molar-refractivity contribution is -0.139. The number of amides is 2. The number of rotatable bonds is 4. The summed E-state index contributed by atoms with van der Waals surface area (Å²) >= 11 is 1.54. The summed E-state index contributed by atoms with van der Waals surface area (Å²) in [5, 5.41) is 11.8. The van der Waals surface area contributed by atoms with E-state index in [9.17, 15) is 9.59 Å². The molecule has 7 heteroatoms. The number of carboxylic acids is 1. The Labute approximate surface area is 127 Å². The number of aliphatic carboxylic acids is 1. The highest BCUT2D eigenvalue weighted by atomic mass is 32.2. The van der Waals surface area contributed by atoms with Crippen LogP contribution in [0.2, 0.25) is 0 Å². The molecule has 1 heterocycles. The van der Waals surface area contributed by atoms with Crippen LogP contribution in [0.15, 0.2) is 29.2 Å². The second kappa shape index (κ2) is 7.33. The molecule has 1 aliphatic rings. The topological polar surface area (TPSA) is 78.9 Å². The van der Waals surface area contributed by atoms with E-state index in [2.05, 4.69) is 5.32 Å². The first-order chi connectivity index (χ1) is 10.1. The lowest BCUT2D eigenvalue weighted by atomic mass is 10.1. The van der Waals surface area contributed by atoms with E-state index >= 15 is 0 Å². The Morgan fingerprint density at radius 2 is 2.24 bits per heavy atom. The third kappa shape index (κ3) is 4.12. The second-order valence-corrected chi connectivity index (χ2v) is 5.50. The highest BCUT2D eigenvalue weighted by Gasteiger charge is 2.29. The first-order valence-electron chi connectivity index (χ1n) is 6.62. The van der Waals surface area contributed by atoms with E-state index < -0.39 is 12.0 Å². The number of ether oxygens (including phenoxy) is 1. The molecule has 1 atom stereocenters. The van der Waals surface area contributed by atoms with Crippen molar-refractivity contribution in [2.24, 2.45) is 0 Å². The van der Waals surface area contributed by atoms with Gasteiger partial charge in [-0.15, -0.1) is 11.8 Å². The van der Waals surface area contributed by atoms with E-state index in [1.807, 2.05) is 30.5 Å². The van der Waals surface area contributed by atoms with Crippen LogP contribution >= 0.6 is 11.8 Å². The SMILES string of the molecule is CSc1ccccc1NC(=O)N1CCOCC1CC(=O)O. The van der Waals surface area contributed by atoms with Crippen LogP contribution in [0, 0.1) is 0 Å². The molecule has 1 unspecified atom stereocenters. The van der Waals surface area contributed by atoms with Crippen molar-refractivity contribution in [1.82, 2.24) is 4.90 Å². The maximum atomic E-state index is 12.4. The summed E-state index contributed by atoms with van der Waals surface area (Å²) in [5.41, 5.74) is 0.732. The standard InChI is InChI=1S/C14H18N2O4S/c1-21-12-5-3-2-4-11(12)15-14(19)16-6-7-20-9-10(16)8-13(17)18/h2-5,10H,6-9H2,1H3,(H,15,19)(H,17,18). The Bertz CT molecular complexity index is 523. The van der Waals surface area contributed by atoms with Gasteiger partial charge in [-0.2, -0.15) is 0 Å². The lowest BCUT2D eigenvalue weighted by Gasteiger charge is -2.34. The molecule has 114 valence electrons. The third-order valence-corrected chi connectivity index (χ3v) is 4.04. The molecular weight excluding hydrogens is 292 g/mol. The molecule has 21 heavy (non-hydrogen) atoms. The Morgan fingerprint density at radius 1 is 1.48 bits per heavy atom. The zero-order valence-corrected chi connectivity index (χ0v) is 12.6. The van der Waals surface area contributed by atoms with Crippen molar-refractivity contribution in [2.75, 3.05) is 31.3 Å². The van der Waals surface area contributed by atoms with Gasteiger partial charge in [-0.25, -0.2) is 4.79 Å². The van der Waals surface area contributed by atoms with Crippen molar-refractivity contribution in [3.8, 4) is 0 Å². The number of nitrogens with zero attached hydrogens (tertiary/aromatic N) is 1. The molecule has 2 N–H and O–H groups in total. The number of nitrogens with one attached hydrogen (secondary N) is 1. The van der Waals surface area contributed by atoms with E-state index in [1.165, 1.54) is 4.90 Å². The number of thioether (sulfide) groups is 1. The van der Waals surface area contributed by atoms with Gasteiger partial charge in [0.2, 0.25) is 0 Å². The fourth-order valence-corrected chi connectivity index (χ4v) is 2.78. The number of morpholine rings is 1. The van der Waals surface area contributed by atoms with Gasteiger partial charge in [0.15, 0.2) is 0 Å². The van der Waals surface area contributed by atoms with E-state index in [0.717, 1.165) is 10.6 Å². The lowest BCUT2D eigenvalue weighted by Crippen LogP contribution is -2.51. The number of hydrogen-bond acceptors (Lipinski definition) is 4. The molecule has 0 bridgehead atoms. The highest BCUT2D eigenvalue weighted by molar-refractivity contribution is 7.98. The van der Waals surface area contributed by atoms with Gasteiger partial charge in [-0.05, 0) is 18.4 Å². The van der Waals surface area contributed by atoms with Crippen molar-refractivity contribution < 1.29 is 19.4 Å². The number of urea groups is 1. The smallest absolute Gasteiger partial charge is 0.322 e. The monoisotopic (exact) mass is 310 g/mol.